The van der Waals surface area contributed by atoms with Crippen molar-refractivity contribution in [2.24, 2.45) is 0 Å². The van der Waals surface area contributed by atoms with Crippen molar-refractivity contribution in [3.05, 3.63) is 58.6 Å². The van der Waals surface area contributed by atoms with Gasteiger partial charge in [0.15, 0.2) is 6.10 Å². The molecule has 1 N–H and O–H groups in total. The first-order valence-electron chi connectivity index (χ1n) is 7.50. The Hall–Kier alpha value is -2.34. The largest absolute Gasteiger partial charge is 0.481 e. The van der Waals surface area contributed by atoms with Gasteiger partial charge < -0.3 is 14.8 Å². The maximum atomic E-state index is 12.3. The first-order chi connectivity index (χ1) is 11.5. The van der Waals surface area contributed by atoms with Gasteiger partial charge in [-0.15, -0.1) is 0 Å². The van der Waals surface area contributed by atoms with E-state index in [9.17, 15) is 9.59 Å². The smallest absolute Gasteiger partial charge is 0.340 e. The number of amides is 1. The summed E-state index contributed by atoms with van der Waals surface area (Å²) in [6, 6.07) is 13.9. The Morgan fingerprint density at radius 2 is 1.92 bits per heavy atom. The van der Waals surface area contributed by atoms with Gasteiger partial charge >= 0.3 is 5.97 Å². The molecule has 0 saturated carbocycles. The molecule has 0 saturated heterocycles. The molecule has 0 heterocycles. The molecule has 1 atom stereocenters. The third-order valence-electron chi connectivity index (χ3n) is 3.16. The predicted molar refractivity (Wildman–Crippen MR) is 95.3 cm³/mol. The van der Waals surface area contributed by atoms with Crippen molar-refractivity contribution in [3.8, 4) is 5.75 Å². The van der Waals surface area contributed by atoms with Crippen LogP contribution in [0, 0.1) is 0 Å². The quantitative estimate of drug-likeness (QED) is 0.754. The van der Waals surface area contributed by atoms with Gasteiger partial charge in [-0.3, -0.25) is 4.79 Å². The van der Waals surface area contributed by atoms with Crippen LogP contribution in [0.5, 0.6) is 5.75 Å². The topological polar surface area (TPSA) is 64.6 Å². The van der Waals surface area contributed by atoms with Gasteiger partial charge in [0.25, 0.3) is 5.91 Å². The minimum absolute atomic E-state index is 0.267. The Bertz CT molecular complexity index is 732. The summed E-state index contributed by atoms with van der Waals surface area (Å²) in [4.78, 5) is 24.3. The molecule has 0 aliphatic heterocycles. The van der Waals surface area contributed by atoms with Crippen LogP contribution in [0.4, 0.5) is 5.69 Å². The highest BCUT2D eigenvalue weighted by atomic mass is 79.9. The molecule has 0 aliphatic carbocycles. The van der Waals surface area contributed by atoms with Crippen molar-refractivity contribution in [1.82, 2.24) is 0 Å². The SMILES string of the molecule is CCOC(=O)c1ccccc1NC(=O)C(C)Oc1cccc(Br)c1. The molecule has 0 radical (unpaired) electrons. The van der Waals surface area contributed by atoms with Crippen LogP contribution in [-0.4, -0.2) is 24.6 Å². The maximum Gasteiger partial charge on any atom is 0.340 e. The standard InChI is InChI=1S/C18H18BrNO4/c1-3-23-18(22)15-9-4-5-10-16(15)20-17(21)12(2)24-14-8-6-7-13(19)11-14/h4-12H,3H2,1-2H3,(H,20,21). The van der Waals surface area contributed by atoms with Crippen molar-refractivity contribution < 1.29 is 19.1 Å². The third kappa shape index (κ3) is 4.83. The Kier molecular flexibility index (Phi) is 6.37. The number of hydrogen-bond donors (Lipinski definition) is 1. The summed E-state index contributed by atoms with van der Waals surface area (Å²) in [5.41, 5.74) is 0.702. The van der Waals surface area contributed by atoms with Crippen molar-refractivity contribution in [2.45, 2.75) is 20.0 Å². The second kappa shape index (κ2) is 8.49. The van der Waals surface area contributed by atoms with Crippen LogP contribution >= 0.6 is 15.9 Å². The van der Waals surface area contributed by atoms with Crippen LogP contribution in [0.15, 0.2) is 53.0 Å². The number of para-hydroxylation sites is 1. The summed E-state index contributed by atoms with van der Waals surface area (Å²) in [6.07, 6.45) is -0.727. The summed E-state index contributed by atoms with van der Waals surface area (Å²) >= 11 is 3.35. The van der Waals surface area contributed by atoms with E-state index >= 15 is 0 Å². The number of halogens is 1. The Balaban J connectivity index is 2.08. The normalized spacial score (nSPS) is 11.5. The molecule has 1 unspecified atom stereocenters. The number of rotatable bonds is 6. The molecule has 0 aliphatic rings. The average Bonchev–Trinajstić information content (AvgIpc) is 2.55. The summed E-state index contributed by atoms with van der Waals surface area (Å²) in [6.45, 7) is 3.64. The zero-order chi connectivity index (χ0) is 17.5. The lowest BCUT2D eigenvalue weighted by Crippen LogP contribution is -2.30. The Morgan fingerprint density at radius 1 is 1.17 bits per heavy atom. The predicted octanol–water partition coefficient (Wildman–Crippen LogP) is 4.03. The summed E-state index contributed by atoms with van der Waals surface area (Å²) < 4.78 is 11.5. The number of hydrogen-bond acceptors (Lipinski definition) is 4. The molecule has 126 valence electrons. The van der Waals surface area contributed by atoms with E-state index in [4.69, 9.17) is 9.47 Å². The Labute approximate surface area is 149 Å². The van der Waals surface area contributed by atoms with E-state index in [0.717, 1.165) is 4.47 Å². The second-order valence-electron chi connectivity index (χ2n) is 4.97. The summed E-state index contributed by atoms with van der Waals surface area (Å²) in [7, 11) is 0. The van der Waals surface area contributed by atoms with E-state index in [1.165, 1.54) is 0 Å². The second-order valence-corrected chi connectivity index (χ2v) is 5.89. The van der Waals surface area contributed by atoms with Crippen molar-refractivity contribution >= 4 is 33.5 Å². The molecule has 0 bridgehead atoms. The molecular formula is C18H18BrNO4. The van der Waals surface area contributed by atoms with Gasteiger partial charge in [0.1, 0.15) is 5.75 Å². The maximum absolute atomic E-state index is 12.3. The lowest BCUT2D eigenvalue weighted by Gasteiger charge is -2.16. The lowest BCUT2D eigenvalue weighted by atomic mass is 10.1. The molecule has 24 heavy (non-hydrogen) atoms. The number of anilines is 1. The number of benzene rings is 2. The minimum atomic E-state index is -0.727. The van der Waals surface area contributed by atoms with E-state index in [1.807, 2.05) is 12.1 Å². The minimum Gasteiger partial charge on any atom is -0.481 e. The van der Waals surface area contributed by atoms with Crippen LogP contribution in [0.1, 0.15) is 24.2 Å². The van der Waals surface area contributed by atoms with Gasteiger partial charge in [-0.25, -0.2) is 4.79 Å². The van der Waals surface area contributed by atoms with E-state index < -0.39 is 12.1 Å². The van der Waals surface area contributed by atoms with Crippen LogP contribution in [0.25, 0.3) is 0 Å². The van der Waals surface area contributed by atoms with Crippen LogP contribution in [-0.2, 0) is 9.53 Å². The first-order valence-corrected chi connectivity index (χ1v) is 8.29. The molecule has 5 nitrogen and oxygen atoms in total. The number of carbonyl (C=O) groups excluding carboxylic acids is 2. The Morgan fingerprint density at radius 3 is 2.62 bits per heavy atom. The molecule has 6 heteroatoms. The monoisotopic (exact) mass is 391 g/mol. The number of carbonyl (C=O) groups is 2. The number of esters is 1. The average molecular weight is 392 g/mol. The molecule has 2 aromatic rings. The lowest BCUT2D eigenvalue weighted by molar-refractivity contribution is -0.122. The van der Waals surface area contributed by atoms with Gasteiger partial charge in [-0.05, 0) is 44.2 Å². The van der Waals surface area contributed by atoms with Gasteiger partial charge in [0.05, 0.1) is 17.9 Å². The highest BCUT2D eigenvalue weighted by molar-refractivity contribution is 9.10. The zero-order valence-corrected chi connectivity index (χ0v) is 15.0. The molecule has 0 spiro atoms. The van der Waals surface area contributed by atoms with E-state index in [2.05, 4.69) is 21.2 Å². The van der Waals surface area contributed by atoms with Crippen LogP contribution < -0.4 is 10.1 Å². The number of nitrogens with one attached hydrogen (secondary N) is 1. The fraction of sp³-hybridized carbons (Fsp3) is 0.222. The fourth-order valence-electron chi connectivity index (χ4n) is 2.01. The molecule has 0 fully saturated rings. The van der Waals surface area contributed by atoms with Crippen LogP contribution in [0.2, 0.25) is 0 Å². The highest BCUT2D eigenvalue weighted by Crippen LogP contribution is 2.20. The van der Waals surface area contributed by atoms with Crippen LogP contribution in [0.3, 0.4) is 0 Å². The van der Waals surface area contributed by atoms with Crippen molar-refractivity contribution in [2.75, 3.05) is 11.9 Å². The van der Waals surface area contributed by atoms with Gasteiger partial charge in [0.2, 0.25) is 0 Å². The van der Waals surface area contributed by atoms with Crippen molar-refractivity contribution in [1.29, 1.82) is 0 Å². The number of ether oxygens (including phenoxy) is 2. The molecule has 2 aromatic carbocycles. The van der Waals surface area contributed by atoms with E-state index in [-0.39, 0.29) is 12.5 Å². The highest BCUT2D eigenvalue weighted by Gasteiger charge is 2.19. The third-order valence-corrected chi connectivity index (χ3v) is 3.65. The molecule has 2 rings (SSSR count). The fourth-order valence-corrected chi connectivity index (χ4v) is 2.39. The van der Waals surface area contributed by atoms with E-state index in [1.54, 1.807) is 50.2 Å². The van der Waals surface area contributed by atoms with Gasteiger partial charge in [-0.2, -0.15) is 0 Å². The molecule has 1 amide bonds. The van der Waals surface area contributed by atoms with E-state index in [0.29, 0.717) is 17.0 Å². The summed E-state index contributed by atoms with van der Waals surface area (Å²) in [5, 5.41) is 2.71. The van der Waals surface area contributed by atoms with Crippen molar-refractivity contribution in [3.63, 3.8) is 0 Å². The zero-order valence-electron chi connectivity index (χ0n) is 13.4. The first kappa shape index (κ1) is 18.0. The summed E-state index contributed by atoms with van der Waals surface area (Å²) in [5.74, 6) is -0.258. The van der Waals surface area contributed by atoms with Gasteiger partial charge in [0, 0.05) is 4.47 Å². The molecule has 0 aromatic heterocycles. The molecular weight excluding hydrogens is 374 g/mol. The van der Waals surface area contributed by atoms with Gasteiger partial charge in [-0.1, -0.05) is 34.1 Å².